The highest BCUT2D eigenvalue weighted by Crippen LogP contribution is 2.18. The largest absolute Gasteiger partial charge is 0.348 e. The smallest absolute Gasteiger partial charge is 0.258 e. The highest BCUT2D eigenvalue weighted by Gasteiger charge is 2.12. The van der Waals surface area contributed by atoms with Crippen LogP contribution in [-0.4, -0.2) is 30.6 Å². The van der Waals surface area contributed by atoms with Crippen molar-refractivity contribution < 1.29 is 9.32 Å². The van der Waals surface area contributed by atoms with Crippen molar-refractivity contribution in [2.45, 2.75) is 19.9 Å². The SMILES string of the molecule is Cc1noc(-c2ccn3c(CNC(=O)Cc4ccsc4)nnc3c2)n1. The molecular formula is C16H14N6O2S. The number of hydrogen-bond acceptors (Lipinski definition) is 7. The second kappa shape index (κ2) is 6.44. The van der Waals surface area contributed by atoms with Gasteiger partial charge < -0.3 is 9.84 Å². The Balaban J connectivity index is 1.48. The van der Waals surface area contributed by atoms with Crippen LogP contribution in [0.2, 0.25) is 0 Å². The van der Waals surface area contributed by atoms with Gasteiger partial charge in [-0.2, -0.15) is 16.3 Å². The lowest BCUT2D eigenvalue weighted by atomic mass is 10.2. The summed E-state index contributed by atoms with van der Waals surface area (Å²) in [5.74, 6) is 1.62. The fourth-order valence-corrected chi connectivity index (χ4v) is 3.10. The van der Waals surface area contributed by atoms with E-state index in [2.05, 4.69) is 25.7 Å². The number of pyridine rings is 1. The van der Waals surface area contributed by atoms with Crippen LogP contribution < -0.4 is 5.32 Å². The molecule has 0 saturated heterocycles. The molecule has 1 amide bonds. The number of carbonyl (C=O) groups is 1. The molecule has 0 aliphatic rings. The van der Waals surface area contributed by atoms with E-state index in [1.54, 1.807) is 18.3 Å². The molecule has 126 valence electrons. The Morgan fingerprint density at radius 3 is 3.04 bits per heavy atom. The van der Waals surface area contributed by atoms with Crippen LogP contribution in [0.1, 0.15) is 17.2 Å². The topological polar surface area (TPSA) is 98.2 Å². The predicted octanol–water partition coefficient (Wildman–Crippen LogP) is 2.01. The minimum Gasteiger partial charge on any atom is -0.348 e. The zero-order valence-corrected chi connectivity index (χ0v) is 14.2. The maximum absolute atomic E-state index is 12.0. The summed E-state index contributed by atoms with van der Waals surface area (Å²) in [6.45, 7) is 2.07. The maximum Gasteiger partial charge on any atom is 0.258 e. The van der Waals surface area contributed by atoms with Crippen LogP contribution in [0, 0.1) is 6.92 Å². The Kier molecular flexibility index (Phi) is 3.98. The van der Waals surface area contributed by atoms with Gasteiger partial charge in [-0.15, -0.1) is 10.2 Å². The molecular weight excluding hydrogens is 340 g/mol. The number of aryl methyl sites for hydroxylation is 1. The summed E-state index contributed by atoms with van der Waals surface area (Å²) < 4.78 is 6.98. The van der Waals surface area contributed by atoms with Crippen LogP contribution in [0.15, 0.2) is 39.7 Å². The van der Waals surface area contributed by atoms with Crippen LogP contribution in [0.4, 0.5) is 0 Å². The van der Waals surface area contributed by atoms with Gasteiger partial charge in [0.15, 0.2) is 17.3 Å². The number of rotatable bonds is 5. The zero-order valence-electron chi connectivity index (χ0n) is 13.3. The van der Waals surface area contributed by atoms with Crippen LogP contribution in [0.25, 0.3) is 17.1 Å². The van der Waals surface area contributed by atoms with Crippen molar-refractivity contribution in [2.75, 3.05) is 0 Å². The van der Waals surface area contributed by atoms with Crippen LogP contribution in [-0.2, 0) is 17.8 Å². The van der Waals surface area contributed by atoms with Crippen LogP contribution in [0.3, 0.4) is 0 Å². The minimum atomic E-state index is -0.0481. The number of aromatic nitrogens is 5. The normalized spacial score (nSPS) is 11.1. The number of nitrogens with zero attached hydrogens (tertiary/aromatic N) is 5. The molecule has 4 rings (SSSR count). The average Bonchev–Trinajstić information content (AvgIpc) is 3.33. The molecule has 0 saturated carbocycles. The molecule has 0 bridgehead atoms. The lowest BCUT2D eigenvalue weighted by Crippen LogP contribution is -2.25. The first-order valence-electron chi connectivity index (χ1n) is 7.61. The standard InChI is InChI=1S/C16H14N6O2S/c1-10-18-16(24-21-10)12-2-4-22-13(7-12)19-20-14(22)8-17-15(23)6-11-3-5-25-9-11/h2-5,7,9H,6,8H2,1H3,(H,17,23). The first kappa shape index (κ1) is 15.5. The number of hydrogen-bond donors (Lipinski definition) is 1. The van der Waals surface area contributed by atoms with Crippen molar-refractivity contribution in [3.05, 3.63) is 52.4 Å². The van der Waals surface area contributed by atoms with Crippen molar-refractivity contribution in [2.24, 2.45) is 0 Å². The van der Waals surface area contributed by atoms with Crippen molar-refractivity contribution in [1.82, 2.24) is 30.1 Å². The van der Waals surface area contributed by atoms with Gasteiger partial charge in [-0.05, 0) is 41.4 Å². The quantitative estimate of drug-likeness (QED) is 0.589. The van der Waals surface area contributed by atoms with Crippen LogP contribution in [0.5, 0.6) is 0 Å². The Bertz CT molecular complexity index is 1020. The van der Waals surface area contributed by atoms with E-state index >= 15 is 0 Å². The molecule has 4 aromatic heterocycles. The van der Waals surface area contributed by atoms with E-state index in [0.717, 1.165) is 11.1 Å². The Morgan fingerprint density at radius 1 is 1.36 bits per heavy atom. The van der Waals surface area contributed by atoms with Crippen molar-refractivity contribution in [3.63, 3.8) is 0 Å². The van der Waals surface area contributed by atoms with E-state index in [9.17, 15) is 4.79 Å². The first-order chi connectivity index (χ1) is 12.2. The first-order valence-corrected chi connectivity index (χ1v) is 8.55. The van der Waals surface area contributed by atoms with Gasteiger partial charge in [-0.25, -0.2) is 0 Å². The summed E-state index contributed by atoms with van der Waals surface area (Å²) in [7, 11) is 0. The molecule has 1 N–H and O–H groups in total. The lowest BCUT2D eigenvalue weighted by molar-refractivity contribution is -0.120. The molecule has 0 unspecified atom stereocenters. The van der Waals surface area contributed by atoms with Gasteiger partial charge in [-0.3, -0.25) is 9.20 Å². The van der Waals surface area contributed by atoms with Crippen molar-refractivity contribution in [3.8, 4) is 11.5 Å². The summed E-state index contributed by atoms with van der Waals surface area (Å²) in [6.07, 6.45) is 2.19. The second-order valence-electron chi connectivity index (χ2n) is 5.49. The highest BCUT2D eigenvalue weighted by molar-refractivity contribution is 7.08. The summed E-state index contributed by atoms with van der Waals surface area (Å²) in [5, 5.41) is 18.8. The molecule has 0 fully saturated rings. The summed E-state index contributed by atoms with van der Waals surface area (Å²) in [4.78, 5) is 16.2. The van der Waals surface area contributed by atoms with Gasteiger partial charge in [0.2, 0.25) is 5.91 Å². The molecule has 9 heteroatoms. The van der Waals surface area contributed by atoms with E-state index < -0.39 is 0 Å². The van der Waals surface area contributed by atoms with Crippen molar-refractivity contribution >= 4 is 22.9 Å². The summed E-state index contributed by atoms with van der Waals surface area (Å²) >= 11 is 1.58. The maximum atomic E-state index is 12.0. The van der Waals surface area contributed by atoms with E-state index in [-0.39, 0.29) is 5.91 Å². The fourth-order valence-electron chi connectivity index (χ4n) is 2.43. The number of thiophene rings is 1. The van der Waals surface area contributed by atoms with Gasteiger partial charge in [0, 0.05) is 11.8 Å². The summed E-state index contributed by atoms with van der Waals surface area (Å²) in [5.41, 5.74) is 2.43. The third kappa shape index (κ3) is 3.26. The molecule has 0 aliphatic heterocycles. The second-order valence-corrected chi connectivity index (χ2v) is 6.27. The number of carbonyl (C=O) groups excluding carboxylic acids is 1. The van der Waals surface area contributed by atoms with E-state index in [1.807, 2.05) is 39.6 Å². The van der Waals surface area contributed by atoms with Gasteiger partial charge >= 0.3 is 0 Å². The number of fused-ring (bicyclic) bond motifs is 1. The highest BCUT2D eigenvalue weighted by atomic mass is 32.1. The molecule has 4 heterocycles. The molecule has 4 aromatic rings. The average molecular weight is 354 g/mol. The lowest BCUT2D eigenvalue weighted by Gasteiger charge is -2.04. The van der Waals surface area contributed by atoms with E-state index in [0.29, 0.717) is 36.2 Å². The van der Waals surface area contributed by atoms with Gasteiger partial charge in [-0.1, -0.05) is 5.16 Å². The molecule has 0 atom stereocenters. The van der Waals surface area contributed by atoms with Crippen LogP contribution >= 0.6 is 11.3 Å². The molecule has 0 radical (unpaired) electrons. The van der Waals surface area contributed by atoms with E-state index in [4.69, 9.17) is 4.52 Å². The van der Waals surface area contributed by atoms with Gasteiger partial charge in [0.05, 0.1) is 13.0 Å². The monoisotopic (exact) mass is 354 g/mol. The molecule has 25 heavy (non-hydrogen) atoms. The third-order valence-corrected chi connectivity index (χ3v) is 4.38. The van der Waals surface area contributed by atoms with Crippen molar-refractivity contribution in [1.29, 1.82) is 0 Å². The molecule has 0 aromatic carbocycles. The Morgan fingerprint density at radius 2 is 2.28 bits per heavy atom. The fraction of sp³-hybridized carbons (Fsp3) is 0.188. The van der Waals surface area contributed by atoms with Gasteiger partial charge in [0.25, 0.3) is 5.89 Å². The minimum absolute atomic E-state index is 0.0481. The Hall–Kier alpha value is -3.07. The Labute approximate surface area is 146 Å². The van der Waals surface area contributed by atoms with E-state index in [1.165, 1.54) is 0 Å². The van der Waals surface area contributed by atoms with Gasteiger partial charge in [0.1, 0.15) is 0 Å². The predicted molar refractivity (Wildman–Crippen MR) is 90.9 cm³/mol. The number of nitrogens with one attached hydrogen (secondary N) is 1. The molecule has 8 nitrogen and oxygen atoms in total. The molecule has 0 aliphatic carbocycles. The molecule has 0 spiro atoms. The third-order valence-electron chi connectivity index (χ3n) is 3.64. The number of amides is 1. The zero-order chi connectivity index (χ0) is 17.2. The summed E-state index contributed by atoms with van der Waals surface area (Å²) in [6, 6.07) is 5.61.